The number of nitrogens with zero attached hydrogens (tertiary/aromatic N) is 1. The molecule has 28 heavy (non-hydrogen) atoms. The molecule has 1 aromatic heterocycles. The van der Waals surface area contributed by atoms with Crippen LogP contribution in [0.3, 0.4) is 0 Å². The van der Waals surface area contributed by atoms with Crippen LogP contribution in [0.1, 0.15) is 29.3 Å². The molecule has 0 radical (unpaired) electrons. The van der Waals surface area contributed by atoms with Gasteiger partial charge in [-0.1, -0.05) is 42.5 Å². The van der Waals surface area contributed by atoms with E-state index in [0.717, 1.165) is 33.6 Å². The first kappa shape index (κ1) is 19.4. The minimum atomic E-state index is -0.0897. The summed E-state index contributed by atoms with van der Waals surface area (Å²) < 4.78 is 1.86. The van der Waals surface area contributed by atoms with Crippen molar-refractivity contribution in [3.8, 4) is 11.1 Å². The van der Waals surface area contributed by atoms with Crippen LogP contribution in [0.4, 0.5) is 5.69 Å². The number of carbonyl (C=O) groups excluding carboxylic acids is 1. The minimum Gasteiger partial charge on any atom is -0.868 e. The smallest absolute Gasteiger partial charge is 0.221 e. The lowest BCUT2D eigenvalue weighted by atomic mass is 9.99. The van der Waals surface area contributed by atoms with E-state index in [1.54, 1.807) is 6.20 Å². The van der Waals surface area contributed by atoms with Crippen molar-refractivity contribution in [1.82, 2.24) is 0 Å². The molecule has 3 aromatic rings. The van der Waals surface area contributed by atoms with E-state index in [0.29, 0.717) is 5.56 Å². The Hall–Kier alpha value is -3.40. The number of benzene rings is 2. The summed E-state index contributed by atoms with van der Waals surface area (Å²) in [6.45, 7) is 7.47. The maximum atomic E-state index is 12.5. The van der Waals surface area contributed by atoms with Gasteiger partial charge in [0.05, 0.1) is 0 Å². The summed E-state index contributed by atoms with van der Waals surface area (Å²) in [7, 11) is 0. The van der Waals surface area contributed by atoms with Crippen LogP contribution < -0.4 is 15.0 Å². The normalized spacial score (nSPS) is 11.4. The second-order valence-electron chi connectivity index (χ2n) is 6.99. The van der Waals surface area contributed by atoms with Crippen molar-refractivity contribution in [2.75, 3.05) is 5.32 Å². The summed E-state index contributed by atoms with van der Waals surface area (Å²) in [6, 6.07) is 17.3. The van der Waals surface area contributed by atoms with Gasteiger partial charge in [-0.3, -0.25) is 4.79 Å². The predicted molar refractivity (Wildman–Crippen MR) is 111 cm³/mol. The molecule has 0 aliphatic rings. The highest BCUT2D eigenvalue weighted by molar-refractivity contribution is 5.90. The summed E-state index contributed by atoms with van der Waals surface area (Å²) in [5, 5.41) is 15.4. The highest BCUT2D eigenvalue weighted by Gasteiger charge is 2.13. The zero-order valence-electron chi connectivity index (χ0n) is 16.6. The third-order valence-corrected chi connectivity index (χ3v) is 4.69. The quantitative estimate of drug-likeness (QED) is 0.559. The van der Waals surface area contributed by atoms with Crippen LogP contribution in [0.2, 0.25) is 0 Å². The summed E-state index contributed by atoms with van der Waals surface area (Å²) in [5.74, 6) is -0.128. The lowest BCUT2D eigenvalue weighted by Crippen LogP contribution is -2.32. The van der Waals surface area contributed by atoms with Crippen LogP contribution >= 0.6 is 0 Å². The molecule has 4 heteroatoms. The molecule has 2 aromatic carbocycles. The van der Waals surface area contributed by atoms with Gasteiger partial charge in [0.1, 0.15) is 0 Å². The number of aromatic nitrogens is 1. The molecule has 0 fully saturated rings. The number of rotatable bonds is 4. The van der Waals surface area contributed by atoms with Crippen molar-refractivity contribution in [2.24, 2.45) is 0 Å². The summed E-state index contributed by atoms with van der Waals surface area (Å²) in [6.07, 6.45) is 3.57. The number of hydrogen-bond acceptors (Lipinski definition) is 2. The highest BCUT2D eigenvalue weighted by atomic mass is 16.3. The Morgan fingerprint density at radius 1 is 1.00 bits per heavy atom. The molecule has 0 spiro atoms. The van der Waals surface area contributed by atoms with Crippen LogP contribution in [0.25, 0.3) is 23.1 Å². The van der Waals surface area contributed by atoms with Crippen molar-refractivity contribution in [2.45, 2.75) is 27.7 Å². The van der Waals surface area contributed by atoms with Crippen LogP contribution in [-0.2, 0) is 4.79 Å². The molecule has 0 aliphatic carbocycles. The third-order valence-electron chi connectivity index (χ3n) is 4.69. The van der Waals surface area contributed by atoms with E-state index < -0.39 is 0 Å². The van der Waals surface area contributed by atoms with Gasteiger partial charge in [-0.15, -0.1) is 0 Å². The highest BCUT2D eigenvalue weighted by Crippen LogP contribution is 2.28. The van der Waals surface area contributed by atoms with E-state index in [1.807, 2.05) is 80.1 Å². The van der Waals surface area contributed by atoms with Gasteiger partial charge in [0, 0.05) is 31.2 Å². The molecular formula is C24H24N2O2. The van der Waals surface area contributed by atoms with Gasteiger partial charge in [-0.25, -0.2) is 0 Å². The molecule has 1 heterocycles. The van der Waals surface area contributed by atoms with Gasteiger partial charge in [-0.05, 0) is 47.9 Å². The van der Waals surface area contributed by atoms with Crippen LogP contribution in [0, 0.1) is 20.8 Å². The first-order valence-corrected chi connectivity index (χ1v) is 9.20. The van der Waals surface area contributed by atoms with Gasteiger partial charge in [0.15, 0.2) is 18.1 Å². The predicted octanol–water partition coefficient (Wildman–Crippen LogP) is 3.84. The van der Waals surface area contributed by atoms with Crippen molar-refractivity contribution in [3.63, 3.8) is 0 Å². The van der Waals surface area contributed by atoms with Gasteiger partial charge < -0.3 is 10.4 Å². The lowest BCUT2D eigenvalue weighted by molar-refractivity contribution is -0.577. The van der Waals surface area contributed by atoms with Gasteiger partial charge >= 0.3 is 0 Å². The Kier molecular flexibility index (Phi) is 5.59. The molecular weight excluding hydrogens is 348 g/mol. The first-order chi connectivity index (χ1) is 13.3. The standard InChI is InChI=1S/C24H24N2O2/c1-16-10-11-21(13-23(16)25-19(4)27)22-12-18(3)26(14-17(22)2)15-24(28)20-8-6-5-7-9-20/h5-15H,1-4H3,(H-,25,27,28)/b24-15-. The number of amides is 1. The molecule has 0 unspecified atom stereocenters. The molecule has 0 aliphatic heterocycles. The van der Waals surface area contributed by atoms with Gasteiger partial charge in [-0.2, -0.15) is 4.57 Å². The van der Waals surface area contributed by atoms with E-state index in [2.05, 4.69) is 11.4 Å². The molecule has 0 saturated carbocycles. The molecule has 0 atom stereocenters. The molecule has 0 bridgehead atoms. The van der Waals surface area contributed by atoms with Crippen LogP contribution in [0.15, 0.2) is 60.8 Å². The number of aryl methyl sites for hydroxylation is 3. The zero-order chi connectivity index (χ0) is 20.3. The number of carbonyl (C=O) groups is 1. The van der Waals surface area contributed by atoms with E-state index in [-0.39, 0.29) is 11.7 Å². The molecule has 1 amide bonds. The molecule has 0 saturated heterocycles. The average molecular weight is 372 g/mol. The summed E-state index contributed by atoms with van der Waals surface area (Å²) in [5.41, 5.74) is 6.57. The second kappa shape index (κ2) is 8.09. The Bertz CT molecular complexity index is 1050. The van der Waals surface area contributed by atoms with Gasteiger partial charge in [0.2, 0.25) is 5.91 Å². The molecule has 142 valence electrons. The Balaban J connectivity index is 2.00. The van der Waals surface area contributed by atoms with Crippen molar-refractivity contribution >= 4 is 23.6 Å². The Labute approximate surface area is 165 Å². The monoisotopic (exact) mass is 372 g/mol. The number of hydrogen-bond donors (Lipinski definition) is 1. The van der Waals surface area contributed by atoms with Crippen molar-refractivity contribution in [1.29, 1.82) is 0 Å². The van der Waals surface area contributed by atoms with Crippen LogP contribution in [-0.4, -0.2) is 5.91 Å². The number of anilines is 1. The molecule has 4 nitrogen and oxygen atoms in total. The summed E-state index contributed by atoms with van der Waals surface area (Å²) in [4.78, 5) is 11.4. The van der Waals surface area contributed by atoms with Crippen LogP contribution in [0.5, 0.6) is 0 Å². The third kappa shape index (κ3) is 4.29. The molecule has 3 rings (SSSR count). The van der Waals surface area contributed by atoms with Gasteiger partial charge in [0.25, 0.3) is 0 Å². The van der Waals surface area contributed by atoms with E-state index in [1.165, 1.54) is 6.92 Å². The topological polar surface area (TPSA) is 56.0 Å². The fourth-order valence-corrected chi connectivity index (χ4v) is 3.14. The maximum absolute atomic E-state index is 12.5. The SMILES string of the molecule is CC(=O)Nc1cc(-c2cc(C)[n+](/C=C(\[O-])c3ccccc3)cc2C)ccc1C. The average Bonchev–Trinajstić information content (AvgIpc) is 2.66. The number of pyridine rings is 1. The Morgan fingerprint density at radius 3 is 2.39 bits per heavy atom. The van der Waals surface area contributed by atoms with E-state index in [4.69, 9.17) is 0 Å². The zero-order valence-corrected chi connectivity index (χ0v) is 16.6. The second-order valence-corrected chi connectivity index (χ2v) is 6.99. The van der Waals surface area contributed by atoms with Crippen molar-refractivity contribution in [3.05, 3.63) is 83.2 Å². The first-order valence-electron chi connectivity index (χ1n) is 9.20. The molecule has 1 N–H and O–H groups in total. The fraction of sp³-hybridized carbons (Fsp3) is 0.167. The summed E-state index contributed by atoms with van der Waals surface area (Å²) >= 11 is 0. The minimum absolute atomic E-state index is 0.0378. The lowest BCUT2D eigenvalue weighted by Gasteiger charge is -2.12. The van der Waals surface area contributed by atoms with E-state index in [9.17, 15) is 9.90 Å². The fourth-order valence-electron chi connectivity index (χ4n) is 3.14. The Morgan fingerprint density at radius 2 is 1.71 bits per heavy atom. The largest absolute Gasteiger partial charge is 0.868 e. The maximum Gasteiger partial charge on any atom is 0.221 e. The van der Waals surface area contributed by atoms with Crippen molar-refractivity contribution < 1.29 is 14.5 Å². The van der Waals surface area contributed by atoms with E-state index >= 15 is 0 Å². The number of nitrogens with one attached hydrogen (secondary N) is 1.